The highest BCUT2D eigenvalue weighted by molar-refractivity contribution is 5.95. The monoisotopic (exact) mass is 291 g/mol. The summed E-state index contributed by atoms with van der Waals surface area (Å²) in [6.07, 6.45) is -4.46. The smallest absolute Gasteiger partial charge is 0.405 e. The van der Waals surface area contributed by atoms with Crippen molar-refractivity contribution in [2.75, 3.05) is 11.4 Å². The Bertz CT molecular complexity index is 515. The predicted molar refractivity (Wildman–Crippen MR) is 67.0 cm³/mol. The van der Waals surface area contributed by atoms with Crippen LogP contribution >= 0.6 is 0 Å². The fourth-order valence-electron chi connectivity index (χ4n) is 1.75. The number of carboxylic acids is 1. The minimum Gasteiger partial charge on any atom is -0.478 e. The Kier molecular flexibility index (Phi) is 4.57. The molecule has 0 saturated carbocycles. The second-order valence-electron chi connectivity index (χ2n) is 4.75. The van der Waals surface area contributed by atoms with Gasteiger partial charge in [0, 0.05) is 6.04 Å². The van der Waals surface area contributed by atoms with Crippen LogP contribution in [-0.2, 0) is 0 Å². The number of carbonyl (C=O) groups is 1. The van der Waals surface area contributed by atoms with Crippen molar-refractivity contribution >= 4 is 11.8 Å². The molecule has 0 unspecified atom stereocenters. The van der Waals surface area contributed by atoms with Crippen molar-refractivity contribution < 1.29 is 23.1 Å². The number of aryl methyl sites for hydroxylation is 1. The average Bonchev–Trinajstić information content (AvgIpc) is 2.27. The molecule has 0 spiro atoms. The summed E-state index contributed by atoms with van der Waals surface area (Å²) in [4.78, 5) is 12.2. The van der Waals surface area contributed by atoms with E-state index in [1.54, 1.807) is 6.92 Å². The van der Waals surface area contributed by atoms with Gasteiger partial charge in [-0.1, -0.05) is 0 Å². The van der Waals surface area contributed by atoms with E-state index in [0.29, 0.717) is 11.3 Å². The van der Waals surface area contributed by atoms with Crippen LogP contribution in [0.3, 0.4) is 0 Å². The van der Waals surface area contributed by atoms with Crippen LogP contribution in [0, 0.1) is 13.8 Å². The zero-order valence-electron chi connectivity index (χ0n) is 11.6. The maximum absolute atomic E-state index is 12.6. The van der Waals surface area contributed by atoms with Gasteiger partial charge in [-0.2, -0.15) is 18.3 Å². The molecule has 0 radical (unpaired) electrons. The standard InChI is InChI=1S/C12H16F3N3O2/c1-6(2)18(5-12(13,14)15)10-9(11(19)20)7(3)8(4)16-17-10/h6H,5H2,1-4H3,(H,19,20). The molecule has 0 atom stereocenters. The van der Waals surface area contributed by atoms with Crippen molar-refractivity contribution in [1.29, 1.82) is 0 Å². The normalized spacial score (nSPS) is 11.8. The van der Waals surface area contributed by atoms with Gasteiger partial charge in [0.15, 0.2) is 5.82 Å². The van der Waals surface area contributed by atoms with Gasteiger partial charge in [0.2, 0.25) is 0 Å². The van der Waals surface area contributed by atoms with Crippen molar-refractivity contribution in [2.45, 2.75) is 39.9 Å². The number of hydrogen-bond donors (Lipinski definition) is 1. The fraction of sp³-hybridized carbons (Fsp3) is 0.583. The molecular weight excluding hydrogens is 275 g/mol. The molecule has 0 aromatic carbocycles. The van der Waals surface area contributed by atoms with Gasteiger partial charge >= 0.3 is 12.1 Å². The van der Waals surface area contributed by atoms with Crippen LogP contribution in [0.25, 0.3) is 0 Å². The van der Waals surface area contributed by atoms with Gasteiger partial charge in [0.25, 0.3) is 0 Å². The largest absolute Gasteiger partial charge is 0.478 e. The molecule has 0 aliphatic heterocycles. The molecule has 20 heavy (non-hydrogen) atoms. The number of carboxylic acid groups (broad SMARTS) is 1. The van der Waals surface area contributed by atoms with Gasteiger partial charge in [-0.3, -0.25) is 0 Å². The second kappa shape index (κ2) is 5.64. The molecule has 5 nitrogen and oxygen atoms in total. The van der Waals surface area contributed by atoms with Crippen molar-refractivity contribution in [3.8, 4) is 0 Å². The molecule has 1 rings (SSSR count). The maximum Gasteiger partial charge on any atom is 0.405 e. The van der Waals surface area contributed by atoms with Crippen LogP contribution in [-0.4, -0.2) is 40.0 Å². The number of hydrogen-bond acceptors (Lipinski definition) is 4. The number of aromatic carboxylic acids is 1. The second-order valence-corrected chi connectivity index (χ2v) is 4.75. The molecule has 0 fully saturated rings. The first-order valence-corrected chi connectivity index (χ1v) is 5.95. The molecule has 1 aromatic rings. The molecule has 1 N–H and O–H groups in total. The van der Waals surface area contributed by atoms with Gasteiger partial charge in [-0.05, 0) is 33.3 Å². The molecule has 0 aliphatic carbocycles. The van der Waals surface area contributed by atoms with Gasteiger partial charge < -0.3 is 10.0 Å². The van der Waals surface area contributed by atoms with E-state index in [9.17, 15) is 23.1 Å². The van der Waals surface area contributed by atoms with Crippen LogP contribution in [0.4, 0.5) is 19.0 Å². The lowest BCUT2D eigenvalue weighted by molar-refractivity contribution is -0.120. The third kappa shape index (κ3) is 3.58. The van der Waals surface area contributed by atoms with E-state index in [1.807, 2.05) is 0 Å². The van der Waals surface area contributed by atoms with Gasteiger partial charge in [0.1, 0.15) is 12.1 Å². The molecule has 0 bridgehead atoms. The number of rotatable bonds is 4. The van der Waals surface area contributed by atoms with Crippen LogP contribution < -0.4 is 4.90 Å². The first-order valence-electron chi connectivity index (χ1n) is 5.95. The molecule has 0 amide bonds. The molecule has 112 valence electrons. The molecular formula is C12H16F3N3O2. The van der Waals surface area contributed by atoms with E-state index in [0.717, 1.165) is 4.90 Å². The number of aromatic nitrogens is 2. The van der Waals surface area contributed by atoms with E-state index in [2.05, 4.69) is 10.2 Å². The average molecular weight is 291 g/mol. The fourth-order valence-corrected chi connectivity index (χ4v) is 1.75. The lowest BCUT2D eigenvalue weighted by Gasteiger charge is -2.29. The Morgan fingerprint density at radius 2 is 1.85 bits per heavy atom. The van der Waals surface area contributed by atoms with Gasteiger partial charge in [0.05, 0.1) is 5.69 Å². The molecule has 1 aromatic heterocycles. The van der Waals surface area contributed by atoms with Gasteiger partial charge in [-0.15, -0.1) is 5.10 Å². The summed E-state index contributed by atoms with van der Waals surface area (Å²) in [7, 11) is 0. The third-order valence-corrected chi connectivity index (χ3v) is 2.89. The minimum atomic E-state index is -4.46. The topological polar surface area (TPSA) is 66.3 Å². The molecule has 0 saturated heterocycles. The van der Waals surface area contributed by atoms with E-state index in [1.165, 1.54) is 20.8 Å². The minimum absolute atomic E-state index is 0.240. The Morgan fingerprint density at radius 3 is 2.25 bits per heavy atom. The van der Waals surface area contributed by atoms with Crippen LogP contribution in [0.5, 0.6) is 0 Å². The lowest BCUT2D eigenvalue weighted by Crippen LogP contribution is -2.41. The molecule has 1 heterocycles. The SMILES string of the molecule is Cc1nnc(N(CC(F)(F)F)C(C)C)c(C(=O)O)c1C. The summed E-state index contributed by atoms with van der Waals surface area (Å²) in [5.41, 5.74) is 0.452. The van der Waals surface area contributed by atoms with Crippen molar-refractivity contribution in [1.82, 2.24) is 10.2 Å². The molecule has 0 aliphatic rings. The number of alkyl halides is 3. The summed E-state index contributed by atoms with van der Waals surface area (Å²) in [5, 5.41) is 16.6. The van der Waals surface area contributed by atoms with E-state index < -0.39 is 24.7 Å². The van der Waals surface area contributed by atoms with Crippen LogP contribution in [0.2, 0.25) is 0 Å². The quantitative estimate of drug-likeness (QED) is 0.923. The first-order chi connectivity index (χ1) is 9.04. The zero-order chi connectivity index (χ0) is 15.7. The summed E-state index contributed by atoms with van der Waals surface area (Å²) in [6.45, 7) is 4.86. The maximum atomic E-state index is 12.6. The summed E-state index contributed by atoms with van der Waals surface area (Å²) >= 11 is 0. The number of anilines is 1. The predicted octanol–water partition coefficient (Wildman–Crippen LogP) is 2.57. The lowest BCUT2D eigenvalue weighted by atomic mass is 10.1. The van der Waals surface area contributed by atoms with Crippen LogP contribution in [0.1, 0.15) is 35.5 Å². The molecule has 8 heteroatoms. The Morgan fingerprint density at radius 1 is 1.30 bits per heavy atom. The van der Waals surface area contributed by atoms with E-state index in [-0.39, 0.29) is 11.4 Å². The van der Waals surface area contributed by atoms with Crippen molar-refractivity contribution in [2.24, 2.45) is 0 Å². The van der Waals surface area contributed by atoms with Crippen molar-refractivity contribution in [3.05, 3.63) is 16.8 Å². The zero-order valence-corrected chi connectivity index (χ0v) is 11.6. The highest BCUT2D eigenvalue weighted by Crippen LogP contribution is 2.27. The summed E-state index contributed by atoms with van der Waals surface area (Å²) in [6, 6.07) is -0.564. The number of nitrogens with zero attached hydrogens (tertiary/aromatic N) is 3. The summed E-state index contributed by atoms with van der Waals surface area (Å²) < 4.78 is 37.9. The van der Waals surface area contributed by atoms with Crippen LogP contribution in [0.15, 0.2) is 0 Å². The first kappa shape index (κ1) is 16.2. The Hall–Kier alpha value is -1.86. The Labute approximate surface area is 114 Å². The Balaban J connectivity index is 3.41. The highest BCUT2D eigenvalue weighted by Gasteiger charge is 2.35. The van der Waals surface area contributed by atoms with E-state index in [4.69, 9.17) is 0 Å². The third-order valence-electron chi connectivity index (χ3n) is 2.89. The highest BCUT2D eigenvalue weighted by atomic mass is 19.4. The van der Waals surface area contributed by atoms with Gasteiger partial charge in [-0.25, -0.2) is 4.79 Å². The summed E-state index contributed by atoms with van der Waals surface area (Å²) in [5.74, 6) is -1.57. The van der Waals surface area contributed by atoms with Crippen molar-refractivity contribution in [3.63, 3.8) is 0 Å². The van der Waals surface area contributed by atoms with E-state index >= 15 is 0 Å². The number of halogens is 3.